The van der Waals surface area contributed by atoms with E-state index >= 15 is 0 Å². The lowest BCUT2D eigenvalue weighted by Gasteiger charge is -2.24. The van der Waals surface area contributed by atoms with Crippen LogP contribution in [0, 0.1) is 0 Å². The lowest BCUT2D eigenvalue weighted by atomic mass is 10.2. The fraction of sp³-hybridized carbons (Fsp3) is 0.538. The molecule has 1 aromatic rings. The summed E-state index contributed by atoms with van der Waals surface area (Å²) in [6, 6.07) is 3.69. The first kappa shape index (κ1) is 14.8. The fourth-order valence-electron chi connectivity index (χ4n) is 1.75. The zero-order valence-corrected chi connectivity index (χ0v) is 11.4. The lowest BCUT2D eigenvalue weighted by Crippen LogP contribution is -2.27. The fourth-order valence-corrected chi connectivity index (χ4v) is 1.99. The molecule has 18 heavy (non-hydrogen) atoms. The lowest BCUT2D eigenvalue weighted by molar-refractivity contribution is -0.136. The van der Waals surface area contributed by atoms with Crippen LogP contribution < -0.4 is 4.90 Å². The SMILES string of the molecule is CCCCCN(CCC(=O)O)c1cccnc1Cl. The Hall–Kier alpha value is -1.29. The summed E-state index contributed by atoms with van der Waals surface area (Å²) < 4.78 is 0. The molecule has 0 aliphatic carbocycles. The molecule has 0 bridgehead atoms. The number of carboxylic acid groups (broad SMARTS) is 1. The number of halogens is 1. The molecule has 0 aliphatic rings. The quantitative estimate of drug-likeness (QED) is 0.582. The van der Waals surface area contributed by atoms with Crippen LogP contribution in [0.4, 0.5) is 5.69 Å². The van der Waals surface area contributed by atoms with Gasteiger partial charge in [-0.3, -0.25) is 4.79 Å². The summed E-state index contributed by atoms with van der Waals surface area (Å²) in [5, 5.41) is 9.20. The number of pyridine rings is 1. The highest BCUT2D eigenvalue weighted by molar-refractivity contribution is 6.32. The summed E-state index contributed by atoms with van der Waals surface area (Å²) in [6.45, 7) is 3.41. The highest BCUT2D eigenvalue weighted by Crippen LogP contribution is 2.23. The molecule has 1 rings (SSSR count). The number of carbonyl (C=O) groups is 1. The van der Waals surface area contributed by atoms with Gasteiger partial charge in [0.05, 0.1) is 12.1 Å². The van der Waals surface area contributed by atoms with Crippen LogP contribution >= 0.6 is 11.6 Å². The van der Waals surface area contributed by atoms with Gasteiger partial charge in [-0.1, -0.05) is 31.4 Å². The third-order valence-corrected chi connectivity index (χ3v) is 3.00. The smallest absolute Gasteiger partial charge is 0.305 e. The molecule has 100 valence electrons. The number of aromatic nitrogens is 1. The predicted molar refractivity (Wildman–Crippen MR) is 73.2 cm³/mol. The zero-order valence-electron chi connectivity index (χ0n) is 10.6. The molecule has 0 fully saturated rings. The van der Waals surface area contributed by atoms with Crippen molar-refractivity contribution >= 4 is 23.3 Å². The Morgan fingerprint density at radius 3 is 2.83 bits per heavy atom. The van der Waals surface area contributed by atoms with E-state index in [-0.39, 0.29) is 6.42 Å². The van der Waals surface area contributed by atoms with E-state index in [1.165, 1.54) is 0 Å². The molecule has 1 N–H and O–H groups in total. The third kappa shape index (κ3) is 4.92. The number of hydrogen-bond acceptors (Lipinski definition) is 3. The van der Waals surface area contributed by atoms with Gasteiger partial charge >= 0.3 is 5.97 Å². The van der Waals surface area contributed by atoms with E-state index in [9.17, 15) is 4.79 Å². The molecule has 0 unspecified atom stereocenters. The Labute approximate surface area is 113 Å². The first-order valence-electron chi connectivity index (χ1n) is 6.22. The third-order valence-electron chi connectivity index (χ3n) is 2.71. The summed E-state index contributed by atoms with van der Waals surface area (Å²) in [5.74, 6) is -0.796. The first-order valence-corrected chi connectivity index (χ1v) is 6.60. The highest BCUT2D eigenvalue weighted by atomic mass is 35.5. The molecule has 0 saturated heterocycles. The van der Waals surface area contributed by atoms with Crippen molar-refractivity contribution in [2.45, 2.75) is 32.6 Å². The van der Waals surface area contributed by atoms with E-state index in [2.05, 4.69) is 11.9 Å². The minimum Gasteiger partial charge on any atom is -0.481 e. The molecule has 0 spiro atoms. The molecule has 1 heterocycles. The molecule has 0 aromatic carbocycles. The van der Waals surface area contributed by atoms with E-state index in [4.69, 9.17) is 16.7 Å². The average Bonchev–Trinajstić information content (AvgIpc) is 2.34. The number of unbranched alkanes of at least 4 members (excludes halogenated alkanes) is 2. The second-order valence-electron chi connectivity index (χ2n) is 4.15. The van der Waals surface area contributed by atoms with Gasteiger partial charge in [-0.25, -0.2) is 4.98 Å². The molecule has 4 nitrogen and oxygen atoms in total. The van der Waals surface area contributed by atoms with Gasteiger partial charge in [0.25, 0.3) is 0 Å². The Morgan fingerprint density at radius 2 is 2.22 bits per heavy atom. The number of hydrogen-bond donors (Lipinski definition) is 1. The van der Waals surface area contributed by atoms with Crippen LogP contribution in [-0.2, 0) is 4.79 Å². The number of rotatable bonds is 8. The van der Waals surface area contributed by atoms with Crippen LogP contribution in [0.25, 0.3) is 0 Å². The van der Waals surface area contributed by atoms with Crippen molar-refractivity contribution < 1.29 is 9.90 Å². The van der Waals surface area contributed by atoms with Gasteiger partial charge < -0.3 is 10.0 Å². The second-order valence-corrected chi connectivity index (χ2v) is 4.51. The molecule has 1 aromatic heterocycles. The summed E-state index contributed by atoms with van der Waals surface area (Å²) in [6.07, 6.45) is 5.03. The van der Waals surface area contributed by atoms with Crippen LogP contribution in [0.3, 0.4) is 0 Å². The van der Waals surface area contributed by atoms with E-state index in [1.54, 1.807) is 6.20 Å². The van der Waals surface area contributed by atoms with E-state index < -0.39 is 5.97 Å². The van der Waals surface area contributed by atoms with Crippen molar-refractivity contribution in [2.24, 2.45) is 0 Å². The number of carboxylic acids is 1. The summed E-state index contributed by atoms with van der Waals surface area (Å²) in [7, 11) is 0. The number of aliphatic carboxylic acids is 1. The van der Waals surface area contributed by atoms with Crippen molar-refractivity contribution in [2.75, 3.05) is 18.0 Å². The van der Waals surface area contributed by atoms with Gasteiger partial charge in [0.1, 0.15) is 0 Å². The van der Waals surface area contributed by atoms with Crippen LogP contribution in [0.15, 0.2) is 18.3 Å². The van der Waals surface area contributed by atoms with Gasteiger partial charge in [-0.2, -0.15) is 0 Å². The van der Waals surface area contributed by atoms with Crippen LogP contribution in [0.1, 0.15) is 32.6 Å². The van der Waals surface area contributed by atoms with Crippen molar-refractivity contribution in [3.8, 4) is 0 Å². The van der Waals surface area contributed by atoms with E-state index in [0.29, 0.717) is 11.7 Å². The van der Waals surface area contributed by atoms with Gasteiger partial charge in [0.2, 0.25) is 0 Å². The van der Waals surface area contributed by atoms with E-state index in [1.807, 2.05) is 17.0 Å². The van der Waals surface area contributed by atoms with Crippen LogP contribution in [0.5, 0.6) is 0 Å². The summed E-state index contributed by atoms with van der Waals surface area (Å²) in [4.78, 5) is 16.7. The van der Waals surface area contributed by atoms with Gasteiger partial charge in [0.15, 0.2) is 5.15 Å². The number of anilines is 1. The maximum atomic E-state index is 10.7. The number of nitrogens with zero attached hydrogens (tertiary/aromatic N) is 2. The van der Waals surface area contributed by atoms with Crippen molar-refractivity contribution in [3.05, 3.63) is 23.5 Å². The Morgan fingerprint density at radius 1 is 1.44 bits per heavy atom. The second kappa shape index (κ2) is 7.93. The van der Waals surface area contributed by atoms with E-state index in [0.717, 1.165) is 31.5 Å². The molecule has 0 atom stereocenters. The maximum absolute atomic E-state index is 10.7. The van der Waals surface area contributed by atoms with Crippen LogP contribution in [-0.4, -0.2) is 29.1 Å². The molecular formula is C13H19ClN2O2. The minimum absolute atomic E-state index is 0.108. The Bertz CT molecular complexity index is 385. The molecule has 0 saturated carbocycles. The molecule has 5 heteroatoms. The average molecular weight is 271 g/mol. The van der Waals surface area contributed by atoms with Crippen molar-refractivity contribution in [1.29, 1.82) is 0 Å². The standard InChI is InChI=1S/C13H19ClN2O2/c1-2-3-4-9-16(10-7-12(17)18)11-6-5-8-15-13(11)14/h5-6,8H,2-4,7,9-10H2,1H3,(H,17,18). The molecular weight excluding hydrogens is 252 g/mol. The zero-order chi connectivity index (χ0) is 13.4. The summed E-state index contributed by atoms with van der Waals surface area (Å²) in [5.41, 5.74) is 0.816. The topological polar surface area (TPSA) is 53.4 Å². The maximum Gasteiger partial charge on any atom is 0.305 e. The van der Waals surface area contributed by atoms with Gasteiger partial charge in [-0.15, -0.1) is 0 Å². The Balaban J connectivity index is 2.69. The molecule has 0 radical (unpaired) electrons. The normalized spacial score (nSPS) is 10.3. The monoisotopic (exact) mass is 270 g/mol. The predicted octanol–water partition coefficient (Wildman–Crippen LogP) is 3.21. The molecule has 0 amide bonds. The summed E-state index contributed by atoms with van der Waals surface area (Å²) >= 11 is 6.05. The largest absolute Gasteiger partial charge is 0.481 e. The van der Waals surface area contributed by atoms with Crippen LogP contribution in [0.2, 0.25) is 5.15 Å². The Kier molecular flexibility index (Phi) is 6.50. The van der Waals surface area contributed by atoms with Gasteiger partial charge in [0, 0.05) is 19.3 Å². The van der Waals surface area contributed by atoms with Crippen molar-refractivity contribution in [1.82, 2.24) is 4.98 Å². The van der Waals surface area contributed by atoms with Gasteiger partial charge in [-0.05, 0) is 18.6 Å². The van der Waals surface area contributed by atoms with Crippen molar-refractivity contribution in [3.63, 3.8) is 0 Å². The molecule has 0 aliphatic heterocycles. The minimum atomic E-state index is -0.796. The highest BCUT2D eigenvalue weighted by Gasteiger charge is 2.11. The first-order chi connectivity index (χ1) is 8.65.